The number of hydrogen-bond acceptors (Lipinski definition) is 2. The van der Waals surface area contributed by atoms with Crippen LogP contribution in [0.15, 0.2) is 12.2 Å². The molecule has 0 bridgehead atoms. The summed E-state index contributed by atoms with van der Waals surface area (Å²) in [6.07, 6.45) is 9.94. The quantitative estimate of drug-likeness (QED) is 0.535. The van der Waals surface area contributed by atoms with Crippen LogP contribution in [0, 0.1) is 0 Å². The van der Waals surface area contributed by atoms with Crippen LogP contribution in [0.4, 0.5) is 0 Å². The van der Waals surface area contributed by atoms with E-state index in [9.17, 15) is 4.79 Å². The van der Waals surface area contributed by atoms with Crippen molar-refractivity contribution in [3.63, 3.8) is 0 Å². The Hall–Kier alpha value is -0.830. The fourth-order valence-corrected chi connectivity index (χ4v) is 2.04. The van der Waals surface area contributed by atoms with Crippen LogP contribution >= 0.6 is 0 Å². The molecule has 0 aromatic heterocycles. The summed E-state index contributed by atoms with van der Waals surface area (Å²) in [5.74, 6) is 0.146. The van der Waals surface area contributed by atoms with E-state index in [1.807, 2.05) is 19.9 Å². The van der Waals surface area contributed by atoms with Gasteiger partial charge in [-0.1, -0.05) is 25.0 Å². The second-order valence-corrected chi connectivity index (χ2v) is 4.52. The number of amides is 1. The third kappa shape index (κ3) is 4.79. The maximum atomic E-state index is 11.8. The number of hydrogen-bond donors (Lipinski definition) is 2. The van der Waals surface area contributed by atoms with E-state index in [1.54, 1.807) is 0 Å². The lowest BCUT2D eigenvalue weighted by atomic mass is 10.2. The molecular formula is C13H24N2O. The Labute approximate surface area is 98.7 Å². The van der Waals surface area contributed by atoms with Crippen LogP contribution in [0.1, 0.15) is 46.0 Å². The third-order valence-electron chi connectivity index (χ3n) is 3.09. The van der Waals surface area contributed by atoms with E-state index in [4.69, 9.17) is 0 Å². The van der Waals surface area contributed by atoms with Crippen LogP contribution < -0.4 is 10.6 Å². The molecular weight excluding hydrogens is 200 g/mol. The SMILES string of the molecule is C/C=C/CCNC(C)C(=O)NC1CCCC1. The highest BCUT2D eigenvalue weighted by atomic mass is 16.2. The summed E-state index contributed by atoms with van der Waals surface area (Å²) in [7, 11) is 0. The van der Waals surface area contributed by atoms with Gasteiger partial charge in [0.2, 0.25) is 5.91 Å². The maximum absolute atomic E-state index is 11.8. The lowest BCUT2D eigenvalue weighted by Crippen LogP contribution is -2.45. The number of rotatable bonds is 6. The molecule has 3 nitrogen and oxygen atoms in total. The molecule has 1 aliphatic carbocycles. The average molecular weight is 224 g/mol. The maximum Gasteiger partial charge on any atom is 0.237 e. The van der Waals surface area contributed by atoms with Gasteiger partial charge >= 0.3 is 0 Å². The zero-order chi connectivity index (χ0) is 11.8. The largest absolute Gasteiger partial charge is 0.352 e. The van der Waals surface area contributed by atoms with Gasteiger partial charge in [0.15, 0.2) is 0 Å². The molecule has 92 valence electrons. The van der Waals surface area contributed by atoms with Gasteiger partial charge in [-0.2, -0.15) is 0 Å². The van der Waals surface area contributed by atoms with Gasteiger partial charge in [0, 0.05) is 6.04 Å². The number of carbonyl (C=O) groups is 1. The predicted octanol–water partition coefficient (Wildman–Crippen LogP) is 1.99. The molecule has 0 radical (unpaired) electrons. The van der Waals surface area contributed by atoms with E-state index >= 15 is 0 Å². The van der Waals surface area contributed by atoms with E-state index < -0.39 is 0 Å². The van der Waals surface area contributed by atoms with Crippen LogP contribution in [0.5, 0.6) is 0 Å². The highest BCUT2D eigenvalue weighted by Crippen LogP contribution is 2.17. The van der Waals surface area contributed by atoms with Crippen LogP contribution in [0.3, 0.4) is 0 Å². The topological polar surface area (TPSA) is 41.1 Å². The molecule has 1 rings (SSSR count). The zero-order valence-corrected chi connectivity index (χ0v) is 10.5. The first-order valence-corrected chi connectivity index (χ1v) is 6.39. The molecule has 1 saturated carbocycles. The molecule has 0 saturated heterocycles. The molecule has 1 fully saturated rings. The lowest BCUT2D eigenvalue weighted by molar-refractivity contribution is -0.123. The van der Waals surface area contributed by atoms with Crippen LogP contribution in [-0.2, 0) is 4.79 Å². The van der Waals surface area contributed by atoms with Crippen molar-refractivity contribution in [3.8, 4) is 0 Å². The third-order valence-corrected chi connectivity index (χ3v) is 3.09. The van der Waals surface area contributed by atoms with E-state index in [0.29, 0.717) is 6.04 Å². The molecule has 0 aromatic rings. The molecule has 1 unspecified atom stereocenters. The minimum Gasteiger partial charge on any atom is -0.352 e. The Morgan fingerprint density at radius 1 is 1.44 bits per heavy atom. The highest BCUT2D eigenvalue weighted by Gasteiger charge is 2.19. The number of allylic oxidation sites excluding steroid dienone is 1. The highest BCUT2D eigenvalue weighted by molar-refractivity contribution is 5.81. The number of carbonyl (C=O) groups excluding carboxylic acids is 1. The van der Waals surface area contributed by atoms with E-state index in [0.717, 1.165) is 25.8 Å². The molecule has 1 aliphatic rings. The fraction of sp³-hybridized carbons (Fsp3) is 0.769. The van der Waals surface area contributed by atoms with Gasteiger partial charge in [-0.15, -0.1) is 0 Å². The van der Waals surface area contributed by atoms with Crippen molar-refractivity contribution in [3.05, 3.63) is 12.2 Å². The molecule has 16 heavy (non-hydrogen) atoms. The van der Waals surface area contributed by atoms with Gasteiger partial charge in [0.1, 0.15) is 0 Å². The molecule has 0 spiro atoms. The van der Waals surface area contributed by atoms with E-state index in [1.165, 1.54) is 12.8 Å². The van der Waals surface area contributed by atoms with Crippen molar-refractivity contribution < 1.29 is 4.79 Å². The van der Waals surface area contributed by atoms with E-state index in [-0.39, 0.29) is 11.9 Å². The van der Waals surface area contributed by atoms with Crippen molar-refractivity contribution in [2.75, 3.05) is 6.54 Å². The second-order valence-electron chi connectivity index (χ2n) is 4.52. The lowest BCUT2D eigenvalue weighted by Gasteiger charge is -2.17. The minimum absolute atomic E-state index is 0.0779. The Kier molecular flexibility index (Phi) is 6.16. The Balaban J connectivity index is 2.14. The van der Waals surface area contributed by atoms with Crippen LogP contribution in [0.25, 0.3) is 0 Å². The van der Waals surface area contributed by atoms with Gasteiger partial charge in [-0.3, -0.25) is 4.79 Å². The van der Waals surface area contributed by atoms with Gasteiger partial charge in [0.25, 0.3) is 0 Å². The fourth-order valence-electron chi connectivity index (χ4n) is 2.04. The molecule has 1 amide bonds. The normalized spacial score (nSPS) is 19.1. The standard InChI is InChI=1S/C13H24N2O/c1-3-4-7-10-14-11(2)13(16)15-12-8-5-6-9-12/h3-4,11-12,14H,5-10H2,1-2H3,(H,15,16)/b4-3+. The molecule has 0 heterocycles. The Morgan fingerprint density at radius 2 is 2.12 bits per heavy atom. The average Bonchev–Trinajstić information content (AvgIpc) is 2.76. The first-order chi connectivity index (χ1) is 7.74. The van der Waals surface area contributed by atoms with E-state index in [2.05, 4.69) is 16.7 Å². The summed E-state index contributed by atoms with van der Waals surface area (Å²) in [4.78, 5) is 11.8. The van der Waals surface area contributed by atoms with Gasteiger partial charge in [-0.05, 0) is 39.7 Å². The summed E-state index contributed by atoms with van der Waals surface area (Å²) in [6.45, 7) is 4.81. The monoisotopic (exact) mass is 224 g/mol. The van der Waals surface area contributed by atoms with Crippen LogP contribution in [-0.4, -0.2) is 24.5 Å². The van der Waals surface area contributed by atoms with Crippen molar-refractivity contribution in [1.82, 2.24) is 10.6 Å². The van der Waals surface area contributed by atoms with Crippen molar-refractivity contribution >= 4 is 5.91 Å². The predicted molar refractivity (Wildman–Crippen MR) is 67.3 cm³/mol. The van der Waals surface area contributed by atoms with Crippen molar-refractivity contribution in [2.45, 2.75) is 58.0 Å². The second kappa shape index (κ2) is 7.44. The molecule has 3 heteroatoms. The summed E-state index contributed by atoms with van der Waals surface area (Å²) >= 11 is 0. The summed E-state index contributed by atoms with van der Waals surface area (Å²) in [5.41, 5.74) is 0. The van der Waals surface area contributed by atoms with Gasteiger partial charge in [0.05, 0.1) is 6.04 Å². The molecule has 2 N–H and O–H groups in total. The number of nitrogens with one attached hydrogen (secondary N) is 2. The van der Waals surface area contributed by atoms with Crippen molar-refractivity contribution in [1.29, 1.82) is 0 Å². The molecule has 1 atom stereocenters. The van der Waals surface area contributed by atoms with Crippen molar-refractivity contribution in [2.24, 2.45) is 0 Å². The first kappa shape index (κ1) is 13.2. The van der Waals surface area contributed by atoms with Gasteiger partial charge < -0.3 is 10.6 Å². The Bertz CT molecular complexity index is 232. The first-order valence-electron chi connectivity index (χ1n) is 6.39. The van der Waals surface area contributed by atoms with Crippen LogP contribution in [0.2, 0.25) is 0 Å². The minimum atomic E-state index is -0.0779. The smallest absolute Gasteiger partial charge is 0.237 e. The summed E-state index contributed by atoms with van der Waals surface area (Å²) in [6, 6.07) is 0.346. The van der Waals surface area contributed by atoms with Gasteiger partial charge in [-0.25, -0.2) is 0 Å². The summed E-state index contributed by atoms with van der Waals surface area (Å²) < 4.78 is 0. The zero-order valence-electron chi connectivity index (χ0n) is 10.5. The molecule has 0 aromatic carbocycles. The Morgan fingerprint density at radius 3 is 2.75 bits per heavy atom. The summed E-state index contributed by atoms with van der Waals surface area (Å²) in [5, 5.41) is 6.33. The molecule has 0 aliphatic heterocycles.